The Morgan fingerprint density at radius 2 is 1.24 bits per heavy atom. The summed E-state index contributed by atoms with van der Waals surface area (Å²) in [4.78, 5) is 0. The summed E-state index contributed by atoms with van der Waals surface area (Å²) in [5.41, 5.74) is 2.57. The zero-order valence-electron chi connectivity index (χ0n) is 12.3. The zero-order chi connectivity index (χ0) is 14.7. The van der Waals surface area contributed by atoms with Crippen LogP contribution < -0.4 is 0 Å². The van der Waals surface area contributed by atoms with Crippen LogP contribution in [0.15, 0.2) is 72.8 Å². The highest BCUT2D eigenvalue weighted by Gasteiger charge is 2.05. The maximum Gasteiger partial charge on any atom is 0.0361 e. The van der Waals surface area contributed by atoms with E-state index in [9.17, 15) is 0 Å². The summed E-state index contributed by atoms with van der Waals surface area (Å²) < 4.78 is 2.73. The van der Waals surface area contributed by atoms with Crippen LogP contribution in [0.25, 0.3) is 31.3 Å². The normalized spacial score (nSPS) is 10.4. The summed E-state index contributed by atoms with van der Waals surface area (Å²) >= 11 is 1.87. The Balaban J connectivity index is 0.000000636. The Morgan fingerprint density at radius 1 is 0.571 bits per heavy atom. The van der Waals surface area contributed by atoms with E-state index >= 15 is 0 Å². The first-order chi connectivity index (χ1) is 10.4. The van der Waals surface area contributed by atoms with Gasteiger partial charge in [0.05, 0.1) is 0 Å². The van der Waals surface area contributed by atoms with E-state index in [0.717, 1.165) is 0 Å². The molecule has 0 N–H and O–H groups in total. The summed E-state index contributed by atoms with van der Waals surface area (Å²) in [6.45, 7) is 4.00. The van der Waals surface area contributed by atoms with E-state index < -0.39 is 0 Å². The summed E-state index contributed by atoms with van der Waals surface area (Å²) in [7, 11) is 0. The highest BCUT2D eigenvalue weighted by atomic mass is 32.1. The summed E-state index contributed by atoms with van der Waals surface area (Å²) in [5.74, 6) is 0. The van der Waals surface area contributed by atoms with Crippen molar-refractivity contribution in [2.45, 2.75) is 13.8 Å². The van der Waals surface area contributed by atoms with E-state index in [0.29, 0.717) is 0 Å². The van der Waals surface area contributed by atoms with Crippen molar-refractivity contribution in [1.29, 1.82) is 0 Å². The number of benzene rings is 3. The van der Waals surface area contributed by atoms with Crippen LogP contribution in [0.5, 0.6) is 0 Å². The lowest BCUT2D eigenvalue weighted by atomic mass is 10.0. The fourth-order valence-corrected chi connectivity index (χ4v) is 3.68. The van der Waals surface area contributed by atoms with Crippen LogP contribution in [0.2, 0.25) is 0 Å². The largest absolute Gasteiger partial charge is 0.135 e. The van der Waals surface area contributed by atoms with E-state index in [1.54, 1.807) is 0 Å². The highest BCUT2D eigenvalue weighted by molar-refractivity contribution is 7.25. The second-order valence-corrected chi connectivity index (χ2v) is 5.76. The lowest BCUT2D eigenvalue weighted by molar-refractivity contribution is 1.50. The minimum Gasteiger partial charge on any atom is -0.135 e. The maximum absolute atomic E-state index is 2.30. The molecular formula is C20H18S. The maximum atomic E-state index is 2.30. The van der Waals surface area contributed by atoms with Gasteiger partial charge in [-0.15, -0.1) is 11.3 Å². The van der Waals surface area contributed by atoms with E-state index in [1.807, 2.05) is 25.2 Å². The van der Waals surface area contributed by atoms with Crippen LogP contribution in [0, 0.1) is 0 Å². The van der Waals surface area contributed by atoms with Crippen molar-refractivity contribution in [3.8, 4) is 11.1 Å². The van der Waals surface area contributed by atoms with Crippen LogP contribution in [0.3, 0.4) is 0 Å². The molecule has 0 amide bonds. The molecule has 1 aromatic heterocycles. The lowest BCUT2D eigenvalue weighted by Gasteiger charge is -2.01. The third kappa shape index (κ3) is 2.57. The monoisotopic (exact) mass is 290 g/mol. The van der Waals surface area contributed by atoms with Crippen molar-refractivity contribution in [3.63, 3.8) is 0 Å². The predicted molar refractivity (Wildman–Crippen MR) is 96.1 cm³/mol. The first kappa shape index (κ1) is 13.8. The van der Waals surface area contributed by atoms with Gasteiger partial charge in [-0.25, -0.2) is 0 Å². The van der Waals surface area contributed by atoms with Crippen LogP contribution in [-0.4, -0.2) is 0 Å². The van der Waals surface area contributed by atoms with Gasteiger partial charge in [0, 0.05) is 20.2 Å². The Labute approximate surface area is 129 Å². The molecule has 0 atom stereocenters. The molecule has 4 rings (SSSR count). The standard InChI is InChI=1S/C18H12S.C2H6/c1-2-6-13(7-3-1)14-10-11-16-15-8-4-5-9-17(15)19-18(16)12-14;1-2/h1-12H;1-2H3. The van der Waals surface area contributed by atoms with Gasteiger partial charge in [-0.1, -0.05) is 74.5 Å². The third-order valence-corrected chi connectivity index (χ3v) is 4.62. The van der Waals surface area contributed by atoms with Crippen molar-refractivity contribution < 1.29 is 0 Å². The average Bonchev–Trinajstić information content (AvgIpc) is 2.95. The van der Waals surface area contributed by atoms with Crippen molar-refractivity contribution in [2.75, 3.05) is 0 Å². The van der Waals surface area contributed by atoms with Crippen molar-refractivity contribution in [3.05, 3.63) is 72.8 Å². The first-order valence-electron chi connectivity index (χ1n) is 7.38. The Kier molecular flexibility index (Phi) is 4.03. The molecule has 0 unspecified atom stereocenters. The molecule has 0 fully saturated rings. The van der Waals surface area contributed by atoms with Crippen LogP contribution >= 0.6 is 11.3 Å². The first-order valence-corrected chi connectivity index (χ1v) is 8.20. The number of fused-ring (bicyclic) bond motifs is 3. The molecule has 0 radical (unpaired) electrons. The second-order valence-electron chi connectivity index (χ2n) is 4.68. The van der Waals surface area contributed by atoms with Crippen molar-refractivity contribution >= 4 is 31.5 Å². The molecule has 0 nitrogen and oxygen atoms in total. The van der Waals surface area contributed by atoms with Gasteiger partial charge in [0.1, 0.15) is 0 Å². The van der Waals surface area contributed by atoms with Gasteiger partial charge in [0.25, 0.3) is 0 Å². The van der Waals surface area contributed by atoms with Crippen LogP contribution in [0.4, 0.5) is 0 Å². The van der Waals surface area contributed by atoms with Gasteiger partial charge in [-0.05, 0) is 23.3 Å². The number of hydrogen-bond donors (Lipinski definition) is 0. The van der Waals surface area contributed by atoms with Gasteiger partial charge in [-0.3, -0.25) is 0 Å². The molecule has 0 saturated heterocycles. The molecular weight excluding hydrogens is 272 g/mol. The summed E-state index contributed by atoms with van der Waals surface area (Å²) in [5, 5.41) is 2.72. The minimum atomic E-state index is 1.28. The Morgan fingerprint density at radius 3 is 2.05 bits per heavy atom. The van der Waals surface area contributed by atoms with Gasteiger partial charge in [0.15, 0.2) is 0 Å². The van der Waals surface area contributed by atoms with E-state index in [4.69, 9.17) is 0 Å². The molecule has 0 aliphatic carbocycles. The summed E-state index contributed by atoms with van der Waals surface area (Å²) in [6, 6.07) is 25.9. The smallest absolute Gasteiger partial charge is 0.0361 e. The molecule has 0 spiro atoms. The molecule has 0 saturated carbocycles. The average molecular weight is 290 g/mol. The molecule has 3 aromatic carbocycles. The predicted octanol–water partition coefficient (Wildman–Crippen LogP) is 6.75. The highest BCUT2D eigenvalue weighted by Crippen LogP contribution is 2.35. The number of thiophene rings is 1. The Bertz CT molecular complexity index is 857. The van der Waals surface area contributed by atoms with Gasteiger partial charge in [-0.2, -0.15) is 0 Å². The molecule has 104 valence electrons. The number of rotatable bonds is 1. The minimum absolute atomic E-state index is 1.28. The van der Waals surface area contributed by atoms with E-state index in [1.165, 1.54) is 31.3 Å². The fourth-order valence-electron chi connectivity index (χ4n) is 2.54. The molecule has 0 aliphatic heterocycles. The molecule has 0 aliphatic rings. The second kappa shape index (κ2) is 6.11. The summed E-state index contributed by atoms with van der Waals surface area (Å²) in [6.07, 6.45) is 0. The van der Waals surface area contributed by atoms with E-state index in [-0.39, 0.29) is 0 Å². The third-order valence-electron chi connectivity index (χ3n) is 3.49. The van der Waals surface area contributed by atoms with Gasteiger partial charge in [0.2, 0.25) is 0 Å². The number of hydrogen-bond acceptors (Lipinski definition) is 1. The van der Waals surface area contributed by atoms with Crippen LogP contribution in [-0.2, 0) is 0 Å². The topological polar surface area (TPSA) is 0 Å². The van der Waals surface area contributed by atoms with E-state index in [2.05, 4.69) is 72.8 Å². The van der Waals surface area contributed by atoms with Crippen molar-refractivity contribution in [2.24, 2.45) is 0 Å². The van der Waals surface area contributed by atoms with Crippen molar-refractivity contribution in [1.82, 2.24) is 0 Å². The fraction of sp³-hybridized carbons (Fsp3) is 0.100. The van der Waals surface area contributed by atoms with Crippen LogP contribution in [0.1, 0.15) is 13.8 Å². The molecule has 4 aromatic rings. The Hall–Kier alpha value is -2.12. The molecule has 0 bridgehead atoms. The lowest BCUT2D eigenvalue weighted by Crippen LogP contribution is -1.75. The molecule has 21 heavy (non-hydrogen) atoms. The zero-order valence-corrected chi connectivity index (χ0v) is 13.2. The van der Waals surface area contributed by atoms with Gasteiger partial charge >= 0.3 is 0 Å². The quantitative estimate of drug-likeness (QED) is 0.364. The SMILES string of the molecule is CC.c1ccc(-c2ccc3c(c2)sc2ccccc23)cc1. The molecule has 1 heteroatoms. The molecule has 1 heterocycles. The van der Waals surface area contributed by atoms with Gasteiger partial charge < -0.3 is 0 Å².